The van der Waals surface area contributed by atoms with Crippen LogP contribution < -0.4 is 10.6 Å². The van der Waals surface area contributed by atoms with Crippen LogP contribution in [0.3, 0.4) is 0 Å². The number of hydrogen-bond acceptors (Lipinski definition) is 4. The van der Waals surface area contributed by atoms with Crippen molar-refractivity contribution in [2.24, 2.45) is 0 Å². The van der Waals surface area contributed by atoms with E-state index in [0.29, 0.717) is 12.1 Å². The molecule has 0 radical (unpaired) electrons. The number of amides is 1. The Labute approximate surface area is 141 Å². The number of carbonyl (C=O) groups is 1. The number of nitrogens with zero attached hydrogens (tertiary/aromatic N) is 1. The van der Waals surface area contributed by atoms with Crippen LogP contribution in [0.4, 0.5) is 4.79 Å². The van der Waals surface area contributed by atoms with Crippen LogP contribution in [0.2, 0.25) is 0 Å². The molecule has 0 unspecified atom stereocenters. The van der Waals surface area contributed by atoms with Gasteiger partial charge in [-0.3, -0.25) is 0 Å². The predicted molar refractivity (Wildman–Crippen MR) is 93.7 cm³/mol. The predicted octanol–water partition coefficient (Wildman–Crippen LogP) is 2.90. The van der Waals surface area contributed by atoms with E-state index >= 15 is 0 Å². The lowest BCUT2D eigenvalue weighted by Crippen LogP contribution is -2.61. The number of piperidine rings is 1. The van der Waals surface area contributed by atoms with Gasteiger partial charge in [0, 0.05) is 18.6 Å². The van der Waals surface area contributed by atoms with Crippen molar-refractivity contribution >= 4 is 6.09 Å². The van der Waals surface area contributed by atoms with Crippen molar-refractivity contribution in [1.82, 2.24) is 15.5 Å². The van der Waals surface area contributed by atoms with Crippen LogP contribution in [0.25, 0.3) is 0 Å². The molecule has 1 aliphatic carbocycles. The Morgan fingerprint density at radius 2 is 1.87 bits per heavy atom. The van der Waals surface area contributed by atoms with Gasteiger partial charge in [0.2, 0.25) is 0 Å². The quantitative estimate of drug-likeness (QED) is 0.816. The average Bonchev–Trinajstić information content (AvgIpc) is 2.40. The maximum atomic E-state index is 12.1. The molecule has 1 saturated carbocycles. The van der Waals surface area contributed by atoms with Crippen LogP contribution in [0.15, 0.2) is 0 Å². The first-order valence-corrected chi connectivity index (χ1v) is 9.18. The van der Waals surface area contributed by atoms with E-state index in [1.165, 1.54) is 32.4 Å². The van der Waals surface area contributed by atoms with Crippen LogP contribution in [0.1, 0.15) is 66.7 Å². The topological polar surface area (TPSA) is 53.6 Å². The first kappa shape index (κ1) is 18.5. The van der Waals surface area contributed by atoms with Gasteiger partial charge in [0.05, 0.1) is 5.54 Å². The molecule has 0 aromatic carbocycles. The number of hydrogen-bond donors (Lipinski definition) is 2. The fourth-order valence-electron chi connectivity index (χ4n) is 3.43. The lowest BCUT2D eigenvalue weighted by Gasteiger charge is -2.44. The summed E-state index contributed by atoms with van der Waals surface area (Å²) in [6.07, 6.45) is 5.38. The Bertz CT molecular complexity index is 392. The highest BCUT2D eigenvalue weighted by atomic mass is 16.6. The molecule has 2 rings (SSSR count). The Hall–Kier alpha value is -0.810. The summed E-state index contributed by atoms with van der Waals surface area (Å²) in [7, 11) is 0. The van der Waals surface area contributed by atoms with E-state index in [9.17, 15) is 4.79 Å². The minimum absolute atomic E-state index is 0.0997. The Kier molecular flexibility index (Phi) is 5.95. The number of ether oxygens (including phenoxy) is 1. The number of rotatable bonds is 5. The highest BCUT2D eigenvalue weighted by Gasteiger charge is 2.39. The molecule has 23 heavy (non-hydrogen) atoms. The minimum Gasteiger partial charge on any atom is -0.444 e. The van der Waals surface area contributed by atoms with Crippen molar-refractivity contribution in [1.29, 1.82) is 0 Å². The molecule has 0 bridgehead atoms. The molecule has 0 spiro atoms. The molecule has 2 fully saturated rings. The first-order valence-electron chi connectivity index (χ1n) is 9.18. The van der Waals surface area contributed by atoms with Crippen LogP contribution >= 0.6 is 0 Å². The van der Waals surface area contributed by atoms with Gasteiger partial charge in [-0.2, -0.15) is 0 Å². The van der Waals surface area contributed by atoms with Crippen LogP contribution in [0.5, 0.6) is 0 Å². The summed E-state index contributed by atoms with van der Waals surface area (Å²) in [5, 5.41) is 6.81. The molecule has 0 atom stereocenters. The molecule has 1 heterocycles. The van der Waals surface area contributed by atoms with E-state index in [4.69, 9.17) is 4.74 Å². The van der Waals surface area contributed by atoms with Crippen molar-refractivity contribution in [3.8, 4) is 0 Å². The summed E-state index contributed by atoms with van der Waals surface area (Å²) in [6, 6.07) is 1.21. The van der Waals surface area contributed by atoms with E-state index in [2.05, 4.69) is 29.4 Å². The monoisotopic (exact) mass is 325 g/mol. The second-order valence-corrected chi connectivity index (χ2v) is 8.55. The number of alkyl carbamates (subject to hydrolysis) is 1. The molecule has 5 nitrogen and oxygen atoms in total. The van der Waals surface area contributed by atoms with E-state index in [0.717, 1.165) is 19.4 Å². The van der Waals surface area contributed by atoms with Gasteiger partial charge in [0.1, 0.15) is 5.60 Å². The zero-order valence-corrected chi connectivity index (χ0v) is 15.6. The fraction of sp³-hybridized carbons (Fsp3) is 0.944. The van der Waals surface area contributed by atoms with Gasteiger partial charge in [0.25, 0.3) is 0 Å². The second kappa shape index (κ2) is 7.39. The number of likely N-dealkylation sites (tertiary alicyclic amines) is 1. The van der Waals surface area contributed by atoms with Gasteiger partial charge in [-0.15, -0.1) is 0 Å². The zero-order valence-electron chi connectivity index (χ0n) is 15.6. The largest absolute Gasteiger partial charge is 0.444 e. The normalized spacial score (nSPS) is 22.7. The molecular formula is C18H35N3O2. The van der Waals surface area contributed by atoms with Gasteiger partial charge in [-0.25, -0.2) is 4.79 Å². The van der Waals surface area contributed by atoms with Gasteiger partial charge in [-0.05, 0) is 79.8 Å². The summed E-state index contributed by atoms with van der Waals surface area (Å²) in [6.45, 7) is 13.4. The first-order chi connectivity index (χ1) is 10.7. The molecular weight excluding hydrogens is 290 g/mol. The molecule has 0 aromatic rings. The zero-order chi connectivity index (χ0) is 17.1. The summed E-state index contributed by atoms with van der Waals surface area (Å²) in [5.74, 6) is 0. The van der Waals surface area contributed by atoms with E-state index in [1.807, 2.05) is 20.8 Å². The summed E-state index contributed by atoms with van der Waals surface area (Å²) in [4.78, 5) is 14.6. The highest BCUT2D eigenvalue weighted by molar-refractivity contribution is 5.69. The number of carbonyl (C=O) groups excluding carboxylic acids is 1. The van der Waals surface area contributed by atoms with E-state index in [1.54, 1.807) is 0 Å². The van der Waals surface area contributed by atoms with Crippen molar-refractivity contribution < 1.29 is 9.53 Å². The van der Waals surface area contributed by atoms with Gasteiger partial charge >= 0.3 is 6.09 Å². The van der Waals surface area contributed by atoms with Gasteiger partial charge < -0.3 is 20.3 Å². The Morgan fingerprint density at radius 3 is 2.30 bits per heavy atom. The molecule has 0 aromatic heterocycles. The molecule has 5 heteroatoms. The maximum Gasteiger partial charge on any atom is 0.408 e. The van der Waals surface area contributed by atoms with Crippen molar-refractivity contribution in [3.63, 3.8) is 0 Å². The van der Waals surface area contributed by atoms with Gasteiger partial charge in [0.15, 0.2) is 0 Å². The molecule has 1 aliphatic heterocycles. The standard InChI is InChI=1S/C18H35N3O2/c1-14(2)21-11-7-15(8-12-21)19-13-18(9-6-10-18)20-16(22)23-17(3,4)5/h14-15,19H,6-13H2,1-5H3,(H,20,22). The van der Waals surface area contributed by atoms with Crippen molar-refractivity contribution in [2.75, 3.05) is 19.6 Å². The lowest BCUT2D eigenvalue weighted by molar-refractivity contribution is 0.0373. The highest BCUT2D eigenvalue weighted by Crippen LogP contribution is 2.32. The third-order valence-electron chi connectivity index (χ3n) is 5.07. The molecule has 2 N–H and O–H groups in total. The second-order valence-electron chi connectivity index (χ2n) is 8.55. The maximum absolute atomic E-state index is 12.1. The SMILES string of the molecule is CC(C)N1CCC(NCC2(NC(=O)OC(C)(C)C)CCC2)CC1. The molecule has 1 saturated heterocycles. The fourth-order valence-corrected chi connectivity index (χ4v) is 3.43. The Morgan fingerprint density at radius 1 is 1.26 bits per heavy atom. The number of nitrogens with one attached hydrogen (secondary N) is 2. The summed E-state index contributed by atoms with van der Waals surface area (Å²) < 4.78 is 5.42. The summed E-state index contributed by atoms with van der Waals surface area (Å²) in [5.41, 5.74) is -0.538. The van der Waals surface area contributed by atoms with Gasteiger partial charge in [-0.1, -0.05) is 0 Å². The molecule has 1 amide bonds. The smallest absolute Gasteiger partial charge is 0.408 e. The van der Waals surface area contributed by atoms with E-state index in [-0.39, 0.29) is 11.6 Å². The molecule has 2 aliphatic rings. The van der Waals surface area contributed by atoms with Crippen LogP contribution in [-0.2, 0) is 4.74 Å². The Balaban J connectivity index is 1.76. The lowest BCUT2D eigenvalue weighted by atomic mass is 9.76. The van der Waals surface area contributed by atoms with Crippen LogP contribution in [0, 0.1) is 0 Å². The van der Waals surface area contributed by atoms with E-state index < -0.39 is 5.60 Å². The minimum atomic E-state index is -0.438. The average molecular weight is 325 g/mol. The van der Waals surface area contributed by atoms with Crippen molar-refractivity contribution in [3.05, 3.63) is 0 Å². The molecule has 134 valence electrons. The third-order valence-corrected chi connectivity index (χ3v) is 5.07. The summed E-state index contributed by atoms with van der Waals surface area (Å²) >= 11 is 0. The van der Waals surface area contributed by atoms with Crippen LogP contribution in [-0.4, -0.2) is 53.9 Å². The third kappa shape index (κ3) is 5.64. The van der Waals surface area contributed by atoms with Crippen molar-refractivity contribution in [2.45, 2.75) is 89.9 Å².